The lowest BCUT2D eigenvalue weighted by Gasteiger charge is -2.12. The minimum absolute atomic E-state index is 0.793. The second-order valence-corrected chi connectivity index (χ2v) is 5.52. The number of aromatic nitrogens is 1. The molecule has 1 aromatic heterocycles. The number of unbranched alkanes of at least 4 members (excludes halogenated alkanes) is 3. The molecule has 0 atom stereocenters. The molecule has 0 saturated heterocycles. The van der Waals surface area contributed by atoms with E-state index < -0.39 is 0 Å². The van der Waals surface area contributed by atoms with Crippen molar-refractivity contribution in [1.29, 1.82) is 0 Å². The van der Waals surface area contributed by atoms with Crippen molar-refractivity contribution in [2.24, 2.45) is 0 Å². The van der Waals surface area contributed by atoms with Gasteiger partial charge in [0.1, 0.15) is 0 Å². The van der Waals surface area contributed by atoms with Gasteiger partial charge in [0.2, 0.25) is 0 Å². The molecule has 1 aromatic carbocycles. The van der Waals surface area contributed by atoms with Crippen LogP contribution in [0.25, 0.3) is 11.3 Å². The van der Waals surface area contributed by atoms with E-state index >= 15 is 0 Å². The molecule has 2 heteroatoms. The van der Waals surface area contributed by atoms with E-state index in [1.807, 2.05) is 12.1 Å². The summed E-state index contributed by atoms with van der Waals surface area (Å²) < 4.78 is 2.42. The number of benzene rings is 1. The van der Waals surface area contributed by atoms with Gasteiger partial charge in [0.05, 0.1) is 0 Å². The van der Waals surface area contributed by atoms with Crippen LogP contribution in [0, 0.1) is 6.92 Å². The highest BCUT2D eigenvalue weighted by Crippen LogP contribution is 2.24. The van der Waals surface area contributed by atoms with Gasteiger partial charge in [-0.25, -0.2) is 0 Å². The van der Waals surface area contributed by atoms with Crippen molar-refractivity contribution in [3.63, 3.8) is 0 Å². The molecule has 0 radical (unpaired) electrons. The first-order valence-corrected chi connectivity index (χ1v) is 7.52. The van der Waals surface area contributed by atoms with Gasteiger partial charge < -0.3 is 4.57 Å². The first kappa shape index (κ1) is 14.2. The maximum Gasteiger partial charge on any atom is 0.0482 e. The monoisotopic (exact) mass is 275 g/mol. The fraction of sp³-hybridized carbons (Fsp3) is 0.412. The molecule has 0 aliphatic carbocycles. The molecule has 0 saturated carbocycles. The van der Waals surface area contributed by atoms with Gasteiger partial charge in [-0.3, -0.25) is 0 Å². The Morgan fingerprint density at radius 3 is 2.37 bits per heavy atom. The average Bonchev–Trinajstić information content (AvgIpc) is 2.77. The van der Waals surface area contributed by atoms with E-state index in [9.17, 15) is 0 Å². The molecule has 0 unspecified atom stereocenters. The lowest BCUT2D eigenvalue weighted by atomic mass is 10.1. The lowest BCUT2D eigenvalue weighted by molar-refractivity contribution is 0.580. The van der Waals surface area contributed by atoms with E-state index in [2.05, 4.69) is 42.7 Å². The lowest BCUT2D eigenvalue weighted by Crippen LogP contribution is -2.02. The van der Waals surface area contributed by atoms with E-state index in [1.165, 1.54) is 42.6 Å². The Morgan fingerprint density at radius 2 is 1.68 bits per heavy atom. The largest absolute Gasteiger partial charge is 0.345 e. The van der Waals surface area contributed by atoms with E-state index in [4.69, 9.17) is 11.6 Å². The Morgan fingerprint density at radius 1 is 0.947 bits per heavy atom. The minimum Gasteiger partial charge on any atom is -0.345 e. The van der Waals surface area contributed by atoms with E-state index in [1.54, 1.807) is 0 Å². The molecule has 0 N–H and O–H groups in total. The molecule has 2 aromatic rings. The van der Waals surface area contributed by atoms with Crippen LogP contribution in [-0.2, 0) is 6.54 Å². The molecule has 2 rings (SSSR count). The highest BCUT2D eigenvalue weighted by Gasteiger charge is 2.07. The normalized spacial score (nSPS) is 10.9. The molecule has 0 aliphatic heterocycles. The van der Waals surface area contributed by atoms with Crippen molar-refractivity contribution in [1.82, 2.24) is 4.57 Å². The Balaban J connectivity index is 2.15. The van der Waals surface area contributed by atoms with Crippen LogP contribution >= 0.6 is 11.6 Å². The van der Waals surface area contributed by atoms with Crippen molar-refractivity contribution < 1.29 is 0 Å². The van der Waals surface area contributed by atoms with Crippen LogP contribution in [0.4, 0.5) is 0 Å². The van der Waals surface area contributed by atoms with Gasteiger partial charge in [-0.2, -0.15) is 0 Å². The van der Waals surface area contributed by atoms with Crippen LogP contribution in [0.5, 0.6) is 0 Å². The number of hydrogen-bond acceptors (Lipinski definition) is 0. The molecule has 0 bridgehead atoms. The minimum atomic E-state index is 0.793. The summed E-state index contributed by atoms with van der Waals surface area (Å²) in [6, 6.07) is 12.5. The second kappa shape index (κ2) is 6.81. The van der Waals surface area contributed by atoms with Crippen LogP contribution in [0.1, 0.15) is 38.3 Å². The third-order valence-electron chi connectivity index (χ3n) is 3.57. The Hall–Kier alpha value is -1.21. The number of halogens is 1. The van der Waals surface area contributed by atoms with Crippen molar-refractivity contribution in [2.45, 2.75) is 46.1 Å². The number of nitrogens with zero attached hydrogens (tertiary/aromatic N) is 1. The molecule has 19 heavy (non-hydrogen) atoms. The van der Waals surface area contributed by atoms with Crippen molar-refractivity contribution >= 4 is 11.6 Å². The quantitative estimate of drug-likeness (QED) is 0.596. The molecule has 0 amide bonds. The molecular formula is C17H22ClN. The van der Waals surface area contributed by atoms with Crippen molar-refractivity contribution in [2.75, 3.05) is 0 Å². The SMILES string of the molecule is CCCCCCn1c(C)ccc1-c1ccc(Cl)cc1. The average molecular weight is 276 g/mol. The number of hydrogen-bond donors (Lipinski definition) is 0. The molecular weight excluding hydrogens is 254 g/mol. The smallest absolute Gasteiger partial charge is 0.0482 e. The second-order valence-electron chi connectivity index (χ2n) is 5.08. The number of aryl methyl sites for hydroxylation is 1. The van der Waals surface area contributed by atoms with Gasteiger partial charge in [-0.1, -0.05) is 49.9 Å². The molecule has 1 nitrogen and oxygen atoms in total. The summed E-state index contributed by atoms with van der Waals surface area (Å²) in [6.07, 6.45) is 5.18. The zero-order chi connectivity index (χ0) is 13.7. The van der Waals surface area contributed by atoms with Gasteiger partial charge in [0.25, 0.3) is 0 Å². The fourth-order valence-corrected chi connectivity index (χ4v) is 2.56. The molecule has 1 heterocycles. The van der Waals surface area contributed by atoms with Gasteiger partial charge in [-0.15, -0.1) is 0 Å². The number of rotatable bonds is 6. The van der Waals surface area contributed by atoms with Crippen LogP contribution in [-0.4, -0.2) is 4.57 Å². The summed E-state index contributed by atoms with van der Waals surface area (Å²) >= 11 is 5.96. The van der Waals surface area contributed by atoms with E-state index in [0.717, 1.165) is 11.6 Å². The first-order valence-electron chi connectivity index (χ1n) is 7.14. The first-order chi connectivity index (χ1) is 9.22. The van der Waals surface area contributed by atoms with Gasteiger partial charge in [-0.05, 0) is 43.2 Å². The fourth-order valence-electron chi connectivity index (χ4n) is 2.44. The van der Waals surface area contributed by atoms with Gasteiger partial charge in [0.15, 0.2) is 0 Å². The van der Waals surface area contributed by atoms with Crippen molar-refractivity contribution in [3.8, 4) is 11.3 Å². The predicted octanol–water partition coefficient (Wildman–Crippen LogP) is 5.70. The highest BCUT2D eigenvalue weighted by atomic mass is 35.5. The van der Waals surface area contributed by atoms with Crippen LogP contribution in [0.2, 0.25) is 5.02 Å². The van der Waals surface area contributed by atoms with Crippen LogP contribution in [0.15, 0.2) is 36.4 Å². The third kappa shape index (κ3) is 3.63. The Labute approximate surface area is 121 Å². The zero-order valence-corrected chi connectivity index (χ0v) is 12.6. The predicted molar refractivity (Wildman–Crippen MR) is 83.8 cm³/mol. The molecule has 0 fully saturated rings. The Kier molecular flexibility index (Phi) is 5.09. The van der Waals surface area contributed by atoms with Gasteiger partial charge in [0, 0.05) is 23.0 Å². The maximum atomic E-state index is 5.96. The summed E-state index contributed by atoms with van der Waals surface area (Å²) in [5.41, 5.74) is 3.88. The summed E-state index contributed by atoms with van der Waals surface area (Å²) in [5.74, 6) is 0. The highest BCUT2D eigenvalue weighted by molar-refractivity contribution is 6.30. The molecule has 102 valence electrons. The van der Waals surface area contributed by atoms with E-state index in [0.29, 0.717) is 0 Å². The zero-order valence-electron chi connectivity index (χ0n) is 11.8. The maximum absolute atomic E-state index is 5.96. The van der Waals surface area contributed by atoms with E-state index in [-0.39, 0.29) is 0 Å². The van der Waals surface area contributed by atoms with Crippen molar-refractivity contribution in [3.05, 3.63) is 47.1 Å². The summed E-state index contributed by atoms with van der Waals surface area (Å²) in [7, 11) is 0. The molecule has 0 aliphatic rings. The summed E-state index contributed by atoms with van der Waals surface area (Å²) in [4.78, 5) is 0. The van der Waals surface area contributed by atoms with Crippen LogP contribution in [0.3, 0.4) is 0 Å². The standard InChI is InChI=1S/C17H22ClN/c1-3-4-5-6-13-19-14(2)7-12-17(19)15-8-10-16(18)11-9-15/h7-12H,3-6,13H2,1-2H3. The topological polar surface area (TPSA) is 4.93 Å². The molecule has 0 spiro atoms. The summed E-state index contributed by atoms with van der Waals surface area (Å²) in [6.45, 7) is 5.54. The van der Waals surface area contributed by atoms with Crippen LogP contribution < -0.4 is 0 Å². The van der Waals surface area contributed by atoms with Gasteiger partial charge >= 0.3 is 0 Å². The Bertz CT molecular complexity index is 511. The summed E-state index contributed by atoms with van der Waals surface area (Å²) in [5, 5.41) is 0.793. The third-order valence-corrected chi connectivity index (χ3v) is 3.83.